The van der Waals surface area contributed by atoms with Gasteiger partial charge in [0.05, 0.1) is 52.4 Å². The highest BCUT2D eigenvalue weighted by Gasteiger charge is 2.33. The Morgan fingerprint density at radius 2 is 1.36 bits per heavy atom. The van der Waals surface area contributed by atoms with Gasteiger partial charge in [0.1, 0.15) is 37.5 Å². The highest BCUT2D eigenvalue weighted by atomic mass is 32.2. The predicted molar refractivity (Wildman–Crippen MR) is 314 cm³/mol. The molecule has 0 aliphatic carbocycles. The van der Waals surface area contributed by atoms with E-state index in [2.05, 4.69) is 46.0 Å². The molecule has 20 heteroatoms. The monoisotopic (exact) mass is 1120 g/mol. The van der Waals surface area contributed by atoms with Crippen LogP contribution in [0, 0.1) is 12.3 Å². The van der Waals surface area contributed by atoms with Gasteiger partial charge < -0.3 is 28.4 Å². The molecule has 2 saturated heterocycles. The summed E-state index contributed by atoms with van der Waals surface area (Å²) in [5.74, 6) is 9.71. The number of thioether (sulfide) groups is 3. The molecule has 3 heterocycles. The van der Waals surface area contributed by atoms with Gasteiger partial charge in [-0.25, -0.2) is 0 Å². The average Bonchev–Trinajstić information content (AvgIpc) is 4.30. The molecule has 3 rings (SSSR count). The Hall–Kier alpha value is -1.76. The first-order chi connectivity index (χ1) is 34.7. The maximum Gasteiger partial charge on any atom is 0.322 e. The quantitative estimate of drug-likeness (QED) is 0.00884. The van der Waals surface area contributed by atoms with Crippen LogP contribution in [0.2, 0.25) is 0 Å². The lowest BCUT2D eigenvalue weighted by atomic mass is 10.1. The van der Waals surface area contributed by atoms with Crippen molar-refractivity contribution in [2.24, 2.45) is 5.11 Å². The number of aromatic nitrogens is 3. The largest absolute Gasteiger partial charge is 0.465 e. The zero-order valence-electron chi connectivity index (χ0n) is 44.7. The van der Waals surface area contributed by atoms with E-state index in [1.807, 2.05) is 33.9 Å². The van der Waals surface area contributed by atoms with Crippen LogP contribution in [0.3, 0.4) is 0 Å². The van der Waals surface area contributed by atoms with Crippen LogP contribution in [0.5, 0.6) is 0 Å². The molecule has 1 aromatic rings. The Morgan fingerprint density at radius 1 is 0.833 bits per heavy atom. The van der Waals surface area contributed by atoms with Crippen molar-refractivity contribution < 1.29 is 38.0 Å². The molecule has 0 bridgehead atoms. The maximum atomic E-state index is 12.6. The van der Waals surface area contributed by atoms with E-state index < -0.39 is 9.49 Å². The normalized spacial score (nSPS) is 15.1. The summed E-state index contributed by atoms with van der Waals surface area (Å²) in [6.45, 7) is 17.2. The molecule has 0 amide bonds. The number of aryl methyl sites for hydroxylation is 1. The molecule has 3 unspecified atom stereocenters. The standard InChI is InChI=1S/C26H45N3O4S3.C20H37N3O2S3.C6H8O2/c1-4-5-6-7-8-9-10-11-12-13-17-35-25(34)36-26(2,3)24(30)32-16-14-15-29-18-22(27-28-29)19-31-20-23-21-33-23;1-5-6-10-16-28(4)17-11-8-7-9-13-18(26)27-20(2,3)19(24)25-15-12-14-22-23-21;1-2-3-7-4-6-5-8-6/h18,23H,4-17,19-21H2,1-3H3;4-17H2,1-3H3;1,6H,3-5H2. The van der Waals surface area contributed by atoms with E-state index in [-0.39, 0.29) is 24.6 Å². The number of hydrogen-bond acceptors (Lipinski definition) is 16. The number of nitrogens with zero attached hydrogens (tertiary/aromatic N) is 6. The van der Waals surface area contributed by atoms with Crippen LogP contribution in [-0.4, -0.2) is 132 Å². The van der Waals surface area contributed by atoms with Gasteiger partial charge in [0.15, 0.2) is 0 Å². The number of azide groups is 1. The second-order valence-electron chi connectivity index (χ2n) is 18.8. The molecule has 0 spiro atoms. The Bertz CT molecular complexity index is 1730. The summed E-state index contributed by atoms with van der Waals surface area (Å²) in [4.78, 5) is 27.4. The third-order valence-electron chi connectivity index (χ3n) is 10.9. The Morgan fingerprint density at radius 3 is 1.96 bits per heavy atom. The maximum absolute atomic E-state index is 12.6. The van der Waals surface area contributed by atoms with Crippen molar-refractivity contribution in [3.8, 4) is 12.3 Å². The van der Waals surface area contributed by atoms with Crippen molar-refractivity contribution in [2.45, 2.75) is 205 Å². The third-order valence-corrected chi connectivity index (χ3v) is 17.0. The van der Waals surface area contributed by atoms with E-state index >= 15 is 0 Å². The van der Waals surface area contributed by atoms with Gasteiger partial charge in [0.2, 0.25) is 0 Å². The molecule has 0 saturated carbocycles. The van der Waals surface area contributed by atoms with E-state index in [0.717, 1.165) is 45.2 Å². The summed E-state index contributed by atoms with van der Waals surface area (Å²) in [5, 5.41) is 11.6. The minimum absolute atomic E-state index is 0.232. The molecule has 72 heavy (non-hydrogen) atoms. The van der Waals surface area contributed by atoms with E-state index in [9.17, 15) is 9.59 Å². The van der Waals surface area contributed by atoms with Crippen LogP contribution < -0.4 is 0 Å². The first kappa shape index (κ1) is 68.3. The van der Waals surface area contributed by atoms with Crippen LogP contribution in [0.1, 0.15) is 176 Å². The zero-order chi connectivity index (χ0) is 53.1. The second-order valence-corrected chi connectivity index (χ2v) is 27.3. The summed E-state index contributed by atoms with van der Waals surface area (Å²) in [6, 6.07) is 0. The average molecular weight is 1120 g/mol. The lowest BCUT2D eigenvalue weighted by Crippen LogP contribution is -2.31. The zero-order valence-corrected chi connectivity index (χ0v) is 49.6. The third kappa shape index (κ3) is 40.5. The Labute approximate surface area is 460 Å². The lowest BCUT2D eigenvalue weighted by molar-refractivity contribution is -0.146. The van der Waals surface area contributed by atoms with Crippen molar-refractivity contribution in [1.29, 1.82) is 0 Å². The topological polar surface area (TPSA) is 176 Å². The first-order valence-electron chi connectivity index (χ1n) is 26.3. The smallest absolute Gasteiger partial charge is 0.322 e. The van der Waals surface area contributed by atoms with Gasteiger partial charge >= 0.3 is 11.9 Å². The summed E-state index contributed by atoms with van der Waals surface area (Å²) in [6.07, 6.45) is 31.4. The van der Waals surface area contributed by atoms with Gasteiger partial charge in [-0.3, -0.25) is 14.3 Å². The second kappa shape index (κ2) is 44.4. The van der Waals surface area contributed by atoms with E-state index in [0.29, 0.717) is 75.6 Å². The SMILES string of the molecule is C#CCOCC1CO1.C=S(CCCCC)CCCCCCC(=S)SC(C)(C)C(=O)OCCCN=[N+]=[N-].CCCCCCCCCCCCSC(=S)SC(C)(C)C(=O)OCCCn1cc(COCC2CO2)nn1. The fourth-order valence-electron chi connectivity index (χ4n) is 6.46. The highest BCUT2D eigenvalue weighted by molar-refractivity contribution is 8.47. The van der Waals surface area contributed by atoms with Gasteiger partial charge in [-0.2, -0.15) is 10.5 Å². The number of carbonyl (C=O) groups excluding carboxylic acids is 2. The highest BCUT2D eigenvalue weighted by Crippen LogP contribution is 2.33. The van der Waals surface area contributed by atoms with Gasteiger partial charge in [-0.1, -0.05) is 156 Å². The molecule has 2 aliphatic heterocycles. The van der Waals surface area contributed by atoms with Crippen LogP contribution >= 0.6 is 70.2 Å². The number of ether oxygens (including phenoxy) is 6. The minimum atomic E-state index is -0.690. The molecule has 2 fully saturated rings. The molecule has 1 aromatic heterocycles. The Balaban J connectivity index is 0.000000636. The van der Waals surface area contributed by atoms with Crippen LogP contribution in [0.4, 0.5) is 0 Å². The van der Waals surface area contributed by atoms with Gasteiger partial charge in [0.25, 0.3) is 0 Å². The van der Waals surface area contributed by atoms with Crippen molar-refractivity contribution in [2.75, 3.05) is 70.1 Å². The predicted octanol–water partition coefficient (Wildman–Crippen LogP) is 13.5. The molecule has 0 radical (unpaired) electrons. The molecule has 2 aliphatic rings. The number of thiocarbonyl (C=S) groups is 2. The molecule has 0 aromatic carbocycles. The van der Waals surface area contributed by atoms with Crippen LogP contribution in [0.25, 0.3) is 10.4 Å². The van der Waals surface area contributed by atoms with Crippen molar-refractivity contribution in [1.82, 2.24) is 15.0 Å². The van der Waals surface area contributed by atoms with Gasteiger partial charge in [0, 0.05) is 28.6 Å². The fraction of sp³-hybridized carbons (Fsp3) is 0.827. The number of esters is 2. The summed E-state index contributed by atoms with van der Waals surface area (Å²) in [5.41, 5.74) is 9.00. The number of hydrogen-bond donors (Lipinski definition) is 0. The first-order valence-corrected chi connectivity index (χ1v) is 31.4. The van der Waals surface area contributed by atoms with Crippen molar-refractivity contribution >= 4 is 95.7 Å². The number of rotatable bonds is 41. The van der Waals surface area contributed by atoms with Crippen LogP contribution in [-0.2, 0) is 51.2 Å². The van der Waals surface area contributed by atoms with Gasteiger partial charge in [-0.15, -0.1) is 35.0 Å². The molecular formula is C52H90N6O8S6. The Kier molecular flexibility index (Phi) is 42.1. The van der Waals surface area contributed by atoms with E-state index in [4.69, 9.17) is 64.8 Å². The lowest BCUT2D eigenvalue weighted by Gasteiger charge is -2.22. The minimum Gasteiger partial charge on any atom is -0.465 e. The summed E-state index contributed by atoms with van der Waals surface area (Å²) < 4.78 is 33.3. The van der Waals surface area contributed by atoms with Crippen LogP contribution in [0.15, 0.2) is 11.3 Å². The van der Waals surface area contributed by atoms with E-state index in [1.165, 1.54) is 138 Å². The van der Waals surface area contributed by atoms with Crippen molar-refractivity contribution in [3.63, 3.8) is 0 Å². The molecule has 412 valence electrons. The number of carbonyl (C=O) groups is 2. The fourth-order valence-corrected chi connectivity index (χ4v) is 12.7. The van der Waals surface area contributed by atoms with Crippen molar-refractivity contribution in [3.05, 3.63) is 22.3 Å². The summed E-state index contributed by atoms with van der Waals surface area (Å²) in [7, 11) is 0.336. The van der Waals surface area contributed by atoms with E-state index in [1.54, 1.807) is 16.4 Å². The molecule has 14 nitrogen and oxygen atoms in total. The number of terminal acetylenes is 1. The summed E-state index contributed by atoms with van der Waals surface area (Å²) >= 11 is 15.5. The number of epoxide rings is 2. The van der Waals surface area contributed by atoms with Gasteiger partial charge in [-0.05, 0) is 89.0 Å². The number of unbranched alkanes of at least 4 members (excludes halogenated alkanes) is 14. The molecular weight excluding hydrogens is 1030 g/mol. The molecule has 0 N–H and O–H groups in total. The molecule has 3 atom stereocenters.